The molecule has 0 unspecified atom stereocenters. The number of hydrogen-bond acceptors (Lipinski definition) is 4. The molecule has 0 saturated heterocycles. The van der Waals surface area contributed by atoms with Crippen molar-refractivity contribution in [1.29, 1.82) is 0 Å². The van der Waals surface area contributed by atoms with Gasteiger partial charge in [0.25, 0.3) is 0 Å². The molecule has 4 nitrogen and oxygen atoms in total. The van der Waals surface area contributed by atoms with Crippen LogP contribution in [0.4, 0.5) is 0 Å². The van der Waals surface area contributed by atoms with E-state index in [2.05, 4.69) is 20.7 Å². The summed E-state index contributed by atoms with van der Waals surface area (Å²) < 4.78 is 28.7. The van der Waals surface area contributed by atoms with Crippen LogP contribution in [0, 0.1) is 0 Å². The summed E-state index contributed by atoms with van der Waals surface area (Å²) in [4.78, 5) is 11.1. The first kappa shape index (κ1) is 13.2. The van der Waals surface area contributed by atoms with E-state index in [-0.39, 0.29) is 17.1 Å². The largest absolute Gasteiger partial charge is 0.469 e. The first-order valence-corrected chi connectivity index (χ1v) is 6.95. The van der Waals surface area contributed by atoms with E-state index in [4.69, 9.17) is 0 Å². The summed E-state index contributed by atoms with van der Waals surface area (Å²) in [5.41, 5.74) is 0. The molecule has 0 heterocycles. The maximum atomic E-state index is 11.7. The summed E-state index contributed by atoms with van der Waals surface area (Å²) in [7, 11) is -2.17. The molecule has 0 aromatic heterocycles. The summed E-state index contributed by atoms with van der Waals surface area (Å²) >= 11 is 3.22. The van der Waals surface area contributed by atoms with E-state index in [0.29, 0.717) is 0 Å². The highest BCUT2D eigenvalue weighted by atomic mass is 79.9. The Morgan fingerprint density at radius 3 is 2.38 bits per heavy atom. The van der Waals surface area contributed by atoms with Crippen LogP contribution in [-0.2, 0) is 19.4 Å². The molecule has 0 amide bonds. The van der Waals surface area contributed by atoms with Crippen molar-refractivity contribution in [3.63, 3.8) is 0 Å². The van der Waals surface area contributed by atoms with Crippen molar-refractivity contribution in [3.05, 3.63) is 28.7 Å². The monoisotopic (exact) mass is 306 g/mol. The average Bonchev–Trinajstić information content (AvgIpc) is 2.26. The molecule has 1 aromatic carbocycles. The molecule has 0 aliphatic carbocycles. The highest BCUT2D eigenvalue weighted by Crippen LogP contribution is 2.16. The van der Waals surface area contributed by atoms with Gasteiger partial charge in [-0.2, -0.15) is 0 Å². The number of benzene rings is 1. The van der Waals surface area contributed by atoms with E-state index in [1.54, 1.807) is 12.1 Å². The Kier molecular flexibility index (Phi) is 4.49. The third kappa shape index (κ3) is 3.61. The van der Waals surface area contributed by atoms with Crippen LogP contribution in [0.1, 0.15) is 6.42 Å². The second-order valence-electron chi connectivity index (χ2n) is 3.10. The van der Waals surface area contributed by atoms with Gasteiger partial charge in [0, 0.05) is 4.47 Å². The van der Waals surface area contributed by atoms with Crippen LogP contribution in [0.2, 0.25) is 0 Å². The highest BCUT2D eigenvalue weighted by molar-refractivity contribution is 9.10. The van der Waals surface area contributed by atoms with Gasteiger partial charge < -0.3 is 4.74 Å². The lowest BCUT2D eigenvalue weighted by Crippen LogP contribution is -2.12. The van der Waals surface area contributed by atoms with Gasteiger partial charge in [-0.05, 0) is 24.3 Å². The van der Waals surface area contributed by atoms with Gasteiger partial charge >= 0.3 is 5.97 Å². The van der Waals surface area contributed by atoms with Crippen LogP contribution in [-0.4, -0.2) is 27.2 Å². The molecule has 88 valence electrons. The number of carbonyl (C=O) groups excluding carboxylic acids is 1. The maximum Gasteiger partial charge on any atom is 0.306 e. The molecule has 1 aromatic rings. The molecule has 0 bridgehead atoms. The van der Waals surface area contributed by atoms with Crippen molar-refractivity contribution < 1.29 is 17.9 Å². The molecule has 0 radical (unpaired) electrons. The molecule has 0 spiro atoms. The van der Waals surface area contributed by atoms with E-state index >= 15 is 0 Å². The molecule has 0 aliphatic rings. The third-order valence-electron chi connectivity index (χ3n) is 1.98. The zero-order valence-corrected chi connectivity index (χ0v) is 11.0. The number of carbonyl (C=O) groups is 1. The van der Waals surface area contributed by atoms with E-state index in [0.717, 1.165) is 4.47 Å². The first-order valence-electron chi connectivity index (χ1n) is 4.51. The number of sulfone groups is 1. The smallest absolute Gasteiger partial charge is 0.306 e. The van der Waals surface area contributed by atoms with Crippen LogP contribution in [0.5, 0.6) is 0 Å². The van der Waals surface area contributed by atoms with Crippen molar-refractivity contribution in [2.75, 3.05) is 12.9 Å². The lowest BCUT2D eigenvalue weighted by atomic mass is 10.4. The molecule has 0 saturated carbocycles. The summed E-state index contributed by atoms with van der Waals surface area (Å²) in [6.07, 6.45) is -0.130. The van der Waals surface area contributed by atoms with E-state index in [9.17, 15) is 13.2 Å². The topological polar surface area (TPSA) is 60.4 Å². The number of halogens is 1. The summed E-state index contributed by atoms with van der Waals surface area (Å²) in [6, 6.07) is 6.28. The quantitative estimate of drug-likeness (QED) is 0.796. The predicted molar refractivity (Wildman–Crippen MR) is 62.8 cm³/mol. The van der Waals surface area contributed by atoms with Gasteiger partial charge in [-0.3, -0.25) is 4.79 Å². The standard InChI is InChI=1S/C10H11BrO4S/c1-15-10(12)6-7-16(13,14)9-4-2-8(11)3-5-9/h2-5H,6-7H2,1H3. The van der Waals surface area contributed by atoms with Gasteiger partial charge in [0.15, 0.2) is 9.84 Å². The van der Waals surface area contributed by atoms with Crippen molar-refractivity contribution in [2.45, 2.75) is 11.3 Å². The average molecular weight is 307 g/mol. The number of ether oxygens (including phenoxy) is 1. The predicted octanol–water partition coefficient (Wildman–Crippen LogP) is 1.79. The van der Waals surface area contributed by atoms with Gasteiger partial charge in [0.2, 0.25) is 0 Å². The SMILES string of the molecule is COC(=O)CCS(=O)(=O)c1ccc(Br)cc1. The Morgan fingerprint density at radius 1 is 1.31 bits per heavy atom. The zero-order chi connectivity index (χ0) is 12.2. The fraction of sp³-hybridized carbons (Fsp3) is 0.300. The summed E-state index contributed by atoms with van der Waals surface area (Å²) in [6.45, 7) is 0. The number of rotatable bonds is 4. The molecule has 16 heavy (non-hydrogen) atoms. The lowest BCUT2D eigenvalue weighted by Gasteiger charge is -2.03. The Morgan fingerprint density at radius 2 is 1.88 bits per heavy atom. The second-order valence-corrected chi connectivity index (χ2v) is 6.12. The van der Waals surface area contributed by atoms with Crippen molar-refractivity contribution >= 4 is 31.7 Å². The molecule has 1 rings (SSSR count). The van der Waals surface area contributed by atoms with Crippen molar-refractivity contribution in [3.8, 4) is 0 Å². The van der Waals surface area contributed by atoms with Crippen molar-refractivity contribution in [1.82, 2.24) is 0 Å². The Balaban J connectivity index is 2.78. The van der Waals surface area contributed by atoms with E-state index < -0.39 is 15.8 Å². The van der Waals surface area contributed by atoms with Gasteiger partial charge in [0.1, 0.15) is 0 Å². The first-order chi connectivity index (χ1) is 7.45. The molecular formula is C10H11BrO4S. The lowest BCUT2D eigenvalue weighted by molar-refractivity contribution is -0.140. The molecule has 0 aliphatic heterocycles. The Hall–Kier alpha value is -0.880. The third-order valence-corrected chi connectivity index (χ3v) is 4.24. The van der Waals surface area contributed by atoms with E-state index in [1.165, 1.54) is 19.2 Å². The summed E-state index contributed by atoms with van der Waals surface area (Å²) in [5, 5.41) is 0. The Labute approximate surface area is 103 Å². The minimum atomic E-state index is -3.40. The maximum absolute atomic E-state index is 11.7. The minimum Gasteiger partial charge on any atom is -0.469 e. The van der Waals surface area contributed by atoms with Gasteiger partial charge in [-0.1, -0.05) is 15.9 Å². The van der Waals surface area contributed by atoms with Crippen LogP contribution in [0.3, 0.4) is 0 Å². The number of hydrogen-bond donors (Lipinski definition) is 0. The van der Waals surface area contributed by atoms with Crippen LogP contribution in [0.15, 0.2) is 33.6 Å². The fourth-order valence-electron chi connectivity index (χ4n) is 1.08. The minimum absolute atomic E-state index is 0.130. The Bertz CT molecular complexity index is 464. The molecule has 0 atom stereocenters. The van der Waals surface area contributed by atoms with Crippen LogP contribution in [0.25, 0.3) is 0 Å². The van der Waals surface area contributed by atoms with Gasteiger partial charge in [-0.15, -0.1) is 0 Å². The highest BCUT2D eigenvalue weighted by Gasteiger charge is 2.16. The number of methoxy groups -OCH3 is 1. The van der Waals surface area contributed by atoms with Crippen LogP contribution >= 0.6 is 15.9 Å². The second kappa shape index (κ2) is 5.45. The fourth-order valence-corrected chi connectivity index (χ4v) is 2.57. The van der Waals surface area contributed by atoms with Gasteiger partial charge in [-0.25, -0.2) is 8.42 Å². The number of esters is 1. The molecule has 0 N–H and O–H groups in total. The zero-order valence-electron chi connectivity index (χ0n) is 8.64. The molecular weight excluding hydrogens is 296 g/mol. The van der Waals surface area contributed by atoms with E-state index in [1.807, 2.05) is 0 Å². The van der Waals surface area contributed by atoms with Crippen molar-refractivity contribution in [2.24, 2.45) is 0 Å². The molecule has 0 fully saturated rings. The van der Waals surface area contributed by atoms with Gasteiger partial charge in [0.05, 0.1) is 24.2 Å². The normalized spacial score (nSPS) is 11.1. The summed E-state index contributed by atoms with van der Waals surface area (Å²) in [5.74, 6) is -0.762. The van der Waals surface area contributed by atoms with Crippen LogP contribution < -0.4 is 0 Å². The molecule has 6 heteroatoms.